The smallest absolute Gasteiger partial charge is 0.123 e. The summed E-state index contributed by atoms with van der Waals surface area (Å²) >= 11 is 0. The van der Waals surface area contributed by atoms with E-state index < -0.39 is 0 Å². The van der Waals surface area contributed by atoms with Crippen LogP contribution in [-0.2, 0) is 13.1 Å². The lowest BCUT2D eigenvalue weighted by molar-refractivity contribution is 0.608. The van der Waals surface area contributed by atoms with E-state index in [1.54, 1.807) is 0 Å². The molecule has 1 saturated carbocycles. The highest BCUT2D eigenvalue weighted by molar-refractivity contribution is 5.06. The summed E-state index contributed by atoms with van der Waals surface area (Å²) in [5.41, 5.74) is 1.27. The first-order valence-corrected chi connectivity index (χ1v) is 6.60. The van der Waals surface area contributed by atoms with Crippen molar-refractivity contribution in [2.24, 2.45) is 0 Å². The summed E-state index contributed by atoms with van der Waals surface area (Å²) in [5.74, 6) is 1.08. The lowest BCUT2D eigenvalue weighted by Crippen LogP contribution is -2.17. The summed E-state index contributed by atoms with van der Waals surface area (Å²) in [4.78, 5) is 8.66. The van der Waals surface area contributed by atoms with E-state index in [0.717, 1.165) is 25.5 Å². The largest absolute Gasteiger partial charge is 0.330 e. The number of nitrogens with zero attached hydrogens (tertiary/aromatic N) is 4. The van der Waals surface area contributed by atoms with Crippen LogP contribution in [0.3, 0.4) is 0 Å². The number of hydrogen-bond donors (Lipinski definition) is 1. The van der Waals surface area contributed by atoms with Crippen LogP contribution in [0.1, 0.15) is 37.3 Å². The van der Waals surface area contributed by atoms with Gasteiger partial charge in [-0.05, 0) is 19.4 Å². The van der Waals surface area contributed by atoms with Crippen molar-refractivity contribution in [3.63, 3.8) is 0 Å². The fourth-order valence-corrected chi connectivity index (χ4v) is 2.20. The first kappa shape index (κ1) is 11.5. The lowest BCUT2D eigenvalue weighted by Gasteiger charge is -2.10. The standard InChI is InChI=1S/C13H19N5/c1-2-14-8-13-16-5-6-17(13)9-12-7-15-10-18(12)11-3-4-11/h5-7,10-11,14H,2-4,8-9H2,1H3. The van der Waals surface area contributed by atoms with Crippen LogP contribution >= 0.6 is 0 Å². The van der Waals surface area contributed by atoms with Crippen LogP contribution < -0.4 is 5.32 Å². The molecule has 3 rings (SSSR count). The van der Waals surface area contributed by atoms with Crippen molar-refractivity contribution in [2.45, 2.75) is 38.9 Å². The Morgan fingerprint density at radius 1 is 1.44 bits per heavy atom. The molecule has 0 amide bonds. The van der Waals surface area contributed by atoms with Gasteiger partial charge in [-0.2, -0.15) is 0 Å². The average molecular weight is 245 g/mol. The molecule has 2 heterocycles. The Bertz CT molecular complexity index is 509. The third-order valence-corrected chi connectivity index (χ3v) is 3.35. The van der Waals surface area contributed by atoms with Crippen molar-refractivity contribution in [3.05, 3.63) is 36.4 Å². The Hall–Kier alpha value is -1.62. The van der Waals surface area contributed by atoms with Crippen LogP contribution in [0.4, 0.5) is 0 Å². The molecule has 1 aliphatic rings. The van der Waals surface area contributed by atoms with E-state index in [0.29, 0.717) is 6.04 Å². The minimum atomic E-state index is 0.684. The SMILES string of the molecule is CCNCc1nccn1Cc1cncn1C1CC1. The summed E-state index contributed by atoms with van der Waals surface area (Å²) in [6.07, 6.45) is 10.4. The van der Waals surface area contributed by atoms with E-state index in [-0.39, 0.29) is 0 Å². The normalized spacial score (nSPS) is 15.2. The molecule has 5 nitrogen and oxygen atoms in total. The first-order valence-electron chi connectivity index (χ1n) is 6.60. The van der Waals surface area contributed by atoms with Crippen LogP contribution in [0.5, 0.6) is 0 Å². The molecule has 2 aromatic heterocycles. The van der Waals surface area contributed by atoms with Gasteiger partial charge in [-0.1, -0.05) is 6.92 Å². The first-order chi connectivity index (χ1) is 8.88. The minimum absolute atomic E-state index is 0.684. The maximum absolute atomic E-state index is 4.40. The van der Waals surface area contributed by atoms with Gasteiger partial charge >= 0.3 is 0 Å². The van der Waals surface area contributed by atoms with Crippen molar-refractivity contribution >= 4 is 0 Å². The van der Waals surface area contributed by atoms with Gasteiger partial charge in [0.05, 0.1) is 25.1 Å². The number of rotatable bonds is 6. The molecule has 0 radical (unpaired) electrons. The molecule has 0 atom stereocenters. The highest BCUT2D eigenvalue weighted by atomic mass is 15.2. The van der Waals surface area contributed by atoms with Crippen molar-refractivity contribution in [1.82, 2.24) is 24.4 Å². The van der Waals surface area contributed by atoms with E-state index in [1.807, 2.05) is 24.9 Å². The molecule has 0 unspecified atom stereocenters. The number of imidazole rings is 2. The third-order valence-electron chi connectivity index (χ3n) is 3.35. The molecule has 18 heavy (non-hydrogen) atoms. The molecule has 1 N–H and O–H groups in total. The van der Waals surface area contributed by atoms with E-state index in [1.165, 1.54) is 18.5 Å². The molecule has 96 valence electrons. The Balaban J connectivity index is 1.75. The second-order valence-corrected chi connectivity index (χ2v) is 4.78. The number of nitrogens with one attached hydrogen (secondary N) is 1. The van der Waals surface area contributed by atoms with E-state index >= 15 is 0 Å². The van der Waals surface area contributed by atoms with Crippen molar-refractivity contribution in [1.29, 1.82) is 0 Å². The summed E-state index contributed by atoms with van der Waals surface area (Å²) in [6.45, 7) is 4.75. The predicted molar refractivity (Wildman–Crippen MR) is 69.2 cm³/mol. The molecule has 1 fully saturated rings. The topological polar surface area (TPSA) is 47.7 Å². The average Bonchev–Trinajstić information content (AvgIpc) is 2.96. The molecule has 0 aliphatic heterocycles. The quantitative estimate of drug-likeness (QED) is 0.840. The number of hydrogen-bond acceptors (Lipinski definition) is 3. The molecule has 1 aliphatic carbocycles. The van der Waals surface area contributed by atoms with Crippen LogP contribution in [0.2, 0.25) is 0 Å². The molecular formula is C13H19N5. The molecule has 0 spiro atoms. The van der Waals surface area contributed by atoms with E-state index in [2.05, 4.69) is 31.3 Å². The molecule has 5 heteroatoms. The highest BCUT2D eigenvalue weighted by Crippen LogP contribution is 2.35. The lowest BCUT2D eigenvalue weighted by atomic mass is 10.4. The Morgan fingerprint density at radius 3 is 3.11 bits per heavy atom. The van der Waals surface area contributed by atoms with Crippen LogP contribution in [-0.4, -0.2) is 25.6 Å². The Kier molecular flexibility index (Phi) is 3.15. The fraction of sp³-hybridized carbons (Fsp3) is 0.538. The van der Waals surface area contributed by atoms with E-state index in [9.17, 15) is 0 Å². The van der Waals surface area contributed by atoms with Crippen molar-refractivity contribution < 1.29 is 0 Å². The minimum Gasteiger partial charge on any atom is -0.330 e. The molecule has 0 bridgehead atoms. The second-order valence-electron chi connectivity index (χ2n) is 4.78. The van der Waals surface area contributed by atoms with Gasteiger partial charge in [0.15, 0.2) is 0 Å². The zero-order valence-corrected chi connectivity index (χ0v) is 10.7. The maximum Gasteiger partial charge on any atom is 0.123 e. The molecular weight excluding hydrogens is 226 g/mol. The molecule has 0 aromatic carbocycles. The van der Waals surface area contributed by atoms with Gasteiger partial charge in [-0.3, -0.25) is 0 Å². The van der Waals surface area contributed by atoms with Gasteiger partial charge in [0.25, 0.3) is 0 Å². The summed E-state index contributed by atoms with van der Waals surface area (Å²) in [7, 11) is 0. The zero-order valence-electron chi connectivity index (χ0n) is 10.7. The Morgan fingerprint density at radius 2 is 2.33 bits per heavy atom. The van der Waals surface area contributed by atoms with Crippen molar-refractivity contribution in [3.8, 4) is 0 Å². The van der Waals surface area contributed by atoms with Gasteiger partial charge < -0.3 is 14.5 Å². The monoisotopic (exact) mass is 245 g/mol. The molecule has 2 aromatic rings. The predicted octanol–water partition coefficient (Wildman–Crippen LogP) is 1.57. The second kappa shape index (κ2) is 4.94. The fourth-order valence-electron chi connectivity index (χ4n) is 2.20. The third kappa shape index (κ3) is 2.31. The zero-order chi connectivity index (χ0) is 12.4. The summed E-state index contributed by atoms with van der Waals surface area (Å²) in [6, 6.07) is 0.684. The molecule has 0 saturated heterocycles. The highest BCUT2D eigenvalue weighted by Gasteiger charge is 2.25. The van der Waals surface area contributed by atoms with Gasteiger partial charge in [-0.25, -0.2) is 9.97 Å². The number of aromatic nitrogens is 4. The Labute approximate surface area is 107 Å². The van der Waals surface area contributed by atoms with Crippen LogP contribution in [0, 0.1) is 0 Å². The van der Waals surface area contributed by atoms with Crippen LogP contribution in [0.15, 0.2) is 24.9 Å². The van der Waals surface area contributed by atoms with Crippen LogP contribution in [0.25, 0.3) is 0 Å². The van der Waals surface area contributed by atoms with Gasteiger partial charge in [0.2, 0.25) is 0 Å². The van der Waals surface area contributed by atoms with Gasteiger partial charge in [0, 0.05) is 24.6 Å². The summed E-state index contributed by atoms with van der Waals surface area (Å²) in [5, 5.41) is 3.31. The van der Waals surface area contributed by atoms with Gasteiger partial charge in [0.1, 0.15) is 5.82 Å². The van der Waals surface area contributed by atoms with Crippen molar-refractivity contribution in [2.75, 3.05) is 6.54 Å². The summed E-state index contributed by atoms with van der Waals surface area (Å²) < 4.78 is 4.50. The maximum atomic E-state index is 4.40. The van der Waals surface area contributed by atoms with Gasteiger partial charge in [-0.15, -0.1) is 0 Å². The van der Waals surface area contributed by atoms with E-state index in [4.69, 9.17) is 0 Å².